The van der Waals surface area contributed by atoms with E-state index in [9.17, 15) is 0 Å². The number of halogens is 1. The molecular formula is C9H17BrN2S. The Morgan fingerprint density at radius 1 is 1.46 bits per heavy atom. The van der Waals surface area contributed by atoms with Gasteiger partial charge in [0.05, 0.1) is 0 Å². The summed E-state index contributed by atoms with van der Waals surface area (Å²) in [5.41, 5.74) is 0. The topological polar surface area (TPSA) is 15.3 Å². The molecule has 1 N–H and O–H groups in total. The van der Waals surface area contributed by atoms with Gasteiger partial charge in [-0.05, 0) is 0 Å². The summed E-state index contributed by atoms with van der Waals surface area (Å²) in [5, 5.41) is 3.34. The van der Waals surface area contributed by atoms with Gasteiger partial charge in [-0.1, -0.05) is 22.5 Å². The molecule has 76 valence electrons. The lowest BCUT2D eigenvalue weighted by atomic mass is 10.4. The lowest BCUT2D eigenvalue weighted by Gasteiger charge is -2.26. The van der Waals surface area contributed by atoms with Gasteiger partial charge in [-0.25, -0.2) is 0 Å². The van der Waals surface area contributed by atoms with Gasteiger partial charge in [0.2, 0.25) is 0 Å². The highest BCUT2D eigenvalue weighted by Crippen LogP contribution is 2.07. The fourth-order valence-corrected chi connectivity index (χ4v) is 2.46. The Kier molecular flexibility index (Phi) is 6.11. The molecule has 0 unspecified atom stereocenters. The Balaban J connectivity index is 1.95. The molecule has 0 bridgehead atoms. The van der Waals surface area contributed by atoms with Crippen molar-refractivity contribution in [3.05, 3.63) is 11.1 Å². The van der Waals surface area contributed by atoms with Crippen molar-refractivity contribution in [3.8, 4) is 0 Å². The standard InChI is InChI=1S/C9H17BrN2S/c1-9(10)8-11-2-3-12-4-6-13-7-5-12/h11H,1-8H2. The predicted octanol–water partition coefficient (Wildman–Crippen LogP) is 1.53. The van der Waals surface area contributed by atoms with Crippen molar-refractivity contribution < 1.29 is 0 Å². The molecule has 0 spiro atoms. The maximum atomic E-state index is 3.78. The van der Waals surface area contributed by atoms with Crippen molar-refractivity contribution in [1.82, 2.24) is 10.2 Å². The van der Waals surface area contributed by atoms with E-state index in [1.165, 1.54) is 31.1 Å². The Morgan fingerprint density at radius 3 is 2.77 bits per heavy atom. The van der Waals surface area contributed by atoms with Crippen LogP contribution >= 0.6 is 27.7 Å². The number of hydrogen-bond acceptors (Lipinski definition) is 3. The quantitative estimate of drug-likeness (QED) is 0.759. The molecule has 1 fully saturated rings. The van der Waals surface area contributed by atoms with Crippen LogP contribution in [0.25, 0.3) is 0 Å². The third-order valence-corrected chi connectivity index (χ3v) is 3.25. The van der Waals surface area contributed by atoms with E-state index in [2.05, 4.69) is 44.5 Å². The molecule has 4 heteroatoms. The summed E-state index contributed by atoms with van der Waals surface area (Å²) in [6.07, 6.45) is 0. The van der Waals surface area contributed by atoms with Crippen molar-refractivity contribution in [3.63, 3.8) is 0 Å². The summed E-state index contributed by atoms with van der Waals surface area (Å²) in [6.45, 7) is 9.39. The highest BCUT2D eigenvalue weighted by molar-refractivity contribution is 9.11. The zero-order valence-electron chi connectivity index (χ0n) is 7.89. The fourth-order valence-electron chi connectivity index (χ4n) is 1.29. The van der Waals surface area contributed by atoms with Gasteiger partial charge in [0, 0.05) is 48.7 Å². The highest BCUT2D eigenvalue weighted by Gasteiger charge is 2.08. The van der Waals surface area contributed by atoms with Gasteiger partial charge in [0.15, 0.2) is 0 Å². The van der Waals surface area contributed by atoms with Gasteiger partial charge in [0.1, 0.15) is 0 Å². The van der Waals surface area contributed by atoms with Crippen LogP contribution in [0.4, 0.5) is 0 Å². The van der Waals surface area contributed by atoms with Crippen LogP contribution < -0.4 is 5.32 Å². The van der Waals surface area contributed by atoms with E-state index in [-0.39, 0.29) is 0 Å². The van der Waals surface area contributed by atoms with Crippen molar-refractivity contribution in [2.75, 3.05) is 44.2 Å². The van der Waals surface area contributed by atoms with Crippen LogP contribution in [0.1, 0.15) is 0 Å². The summed E-state index contributed by atoms with van der Waals surface area (Å²) in [5.74, 6) is 2.59. The normalized spacial score (nSPS) is 18.8. The molecule has 0 aromatic heterocycles. The monoisotopic (exact) mass is 264 g/mol. The first-order valence-corrected chi connectivity index (χ1v) is 6.58. The predicted molar refractivity (Wildman–Crippen MR) is 64.7 cm³/mol. The van der Waals surface area contributed by atoms with E-state index in [0.717, 1.165) is 17.6 Å². The summed E-state index contributed by atoms with van der Waals surface area (Å²) in [6, 6.07) is 0. The molecule has 0 aliphatic carbocycles. The van der Waals surface area contributed by atoms with Gasteiger partial charge in [-0.15, -0.1) is 0 Å². The maximum Gasteiger partial charge on any atom is 0.0266 e. The van der Waals surface area contributed by atoms with Crippen LogP contribution in [0.5, 0.6) is 0 Å². The summed E-state index contributed by atoms with van der Waals surface area (Å²) in [4.78, 5) is 2.51. The maximum absolute atomic E-state index is 3.78. The SMILES string of the molecule is C=C(Br)CNCCN1CCSCC1. The Labute approximate surface area is 93.3 Å². The zero-order valence-corrected chi connectivity index (χ0v) is 10.3. The van der Waals surface area contributed by atoms with E-state index < -0.39 is 0 Å². The van der Waals surface area contributed by atoms with E-state index in [1.54, 1.807) is 0 Å². The molecule has 0 aromatic carbocycles. The van der Waals surface area contributed by atoms with Crippen molar-refractivity contribution in [2.24, 2.45) is 0 Å². The Hall–Kier alpha value is 0.490. The minimum atomic E-state index is 0.878. The van der Waals surface area contributed by atoms with Gasteiger partial charge in [0.25, 0.3) is 0 Å². The average molecular weight is 265 g/mol. The molecule has 0 atom stereocenters. The number of nitrogens with one attached hydrogen (secondary N) is 1. The van der Waals surface area contributed by atoms with Gasteiger partial charge >= 0.3 is 0 Å². The molecule has 1 aliphatic rings. The summed E-state index contributed by atoms with van der Waals surface area (Å²) >= 11 is 5.39. The molecule has 1 saturated heterocycles. The molecule has 1 heterocycles. The lowest BCUT2D eigenvalue weighted by molar-refractivity contribution is 0.303. The molecule has 1 aliphatic heterocycles. The smallest absolute Gasteiger partial charge is 0.0266 e. The van der Waals surface area contributed by atoms with Crippen molar-refractivity contribution >= 4 is 27.7 Å². The first-order chi connectivity index (χ1) is 6.29. The van der Waals surface area contributed by atoms with E-state index in [4.69, 9.17) is 0 Å². The van der Waals surface area contributed by atoms with Crippen molar-refractivity contribution in [2.45, 2.75) is 0 Å². The second-order valence-electron chi connectivity index (χ2n) is 3.15. The molecule has 2 nitrogen and oxygen atoms in total. The second kappa shape index (κ2) is 6.87. The van der Waals surface area contributed by atoms with Crippen LogP contribution in [-0.4, -0.2) is 49.1 Å². The van der Waals surface area contributed by atoms with Crippen molar-refractivity contribution in [1.29, 1.82) is 0 Å². The fraction of sp³-hybridized carbons (Fsp3) is 0.778. The Morgan fingerprint density at radius 2 is 2.15 bits per heavy atom. The van der Waals surface area contributed by atoms with Gasteiger partial charge in [-0.2, -0.15) is 11.8 Å². The number of rotatable bonds is 5. The highest BCUT2D eigenvalue weighted by atomic mass is 79.9. The number of hydrogen-bond donors (Lipinski definition) is 1. The average Bonchev–Trinajstić information content (AvgIpc) is 2.14. The van der Waals surface area contributed by atoms with Crippen LogP contribution in [0.3, 0.4) is 0 Å². The molecule has 0 saturated carbocycles. The first-order valence-electron chi connectivity index (χ1n) is 4.63. The molecule has 0 aromatic rings. The van der Waals surface area contributed by atoms with Crippen LogP contribution in [0, 0.1) is 0 Å². The van der Waals surface area contributed by atoms with Gasteiger partial charge < -0.3 is 10.2 Å². The summed E-state index contributed by atoms with van der Waals surface area (Å²) < 4.78 is 1.03. The number of nitrogens with zero attached hydrogens (tertiary/aromatic N) is 1. The molecule has 0 amide bonds. The van der Waals surface area contributed by atoms with Crippen LogP contribution in [-0.2, 0) is 0 Å². The van der Waals surface area contributed by atoms with Crippen LogP contribution in [0.2, 0.25) is 0 Å². The van der Waals surface area contributed by atoms with E-state index in [1.807, 2.05) is 0 Å². The summed E-state index contributed by atoms with van der Waals surface area (Å²) in [7, 11) is 0. The Bertz CT molecular complexity index is 158. The largest absolute Gasteiger partial charge is 0.311 e. The second-order valence-corrected chi connectivity index (χ2v) is 5.49. The molecule has 1 rings (SSSR count). The van der Waals surface area contributed by atoms with Gasteiger partial charge in [-0.3, -0.25) is 0 Å². The first kappa shape index (κ1) is 11.6. The molecule has 0 radical (unpaired) electrons. The van der Waals surface area contributed by atoms with E-state index in [0.29, 0.717) is 0 Å². The van der Waals surface area contributed by atoms with Crippen LogP contribution in [0.15, 0.2) is 11.1 Å². The van der Waals surface area contributed by atoms with E-state index >= 15 is 0 Å². The molecule has 13 heavy (non-hydrogen) atoms. The minimum absolute atomic E-state index is 0.878. The minimum Gasteiger partial charge on any atom is -0.311 e. The third kappa shape index (κ3) is 5.73. The third-order valence-electron chi connectivity index (χ3n) is 2.03. The zero-order chi connectivity index (χ0) is 9.52. The lowest BCUT2D eigenvalue weighted by Crippen LogP contribution is -2.37. The number of thioether (sulfide) groups is 1. The molecular weight excluding hydrogens is 248 g/mol.